The second-order valence-corrected chi connectivity index (χ2v) is 9.37. The van der Waals surface area contributed by atoms with Crippen LogP contribution in [-0.2, 0) is 14.8 Å². The standard InChI is InChI=1S/C17H17BrN2O3S2/c18-14-3-1-5-16(13-14)25(22,23)20-10-8-19(9-11-20)17(21)7-6-15-4-2-12-24-15/h1-7,12-13H,8-11H2/b7-6+. The summed E-state index contributed by atoms with van der Waals surface area (Å²) in [4.78, 5) is 15.2. The van der Waals surface area contributed by atoms with Crippen molar-refractivity contribution in [2.24, 2.45) is 0 Å². The molecular weight excluding hydrogens is 424 g/mol. The molecule has 132 valence electrons. The van der Waals surface area contributed by atoms with Gasteiger partial charge in [0.15, 0.2) is 0 Å². The quantitative estimate of drug-likeness (QED) is 0.686. The van der Waals surface area contributed by atoms with E-state index in [-0.39, 0.29) is 10.8 Å². The third-order valence-electron chi connectivity index (χ3n) is 3.92. The Morgan fingerprint density at radius 1 is 1.12 bits per heavy atom. The van der Waals surface area contributed by atoms with E-state index in [1.807, 2.05) is 17.5 Å². The van der Waals surface area contributed by atoms with Crippen molar-refractivity contribution in [2.45, 2.75) is 4.90 Å². The van der Waals surface area contributed by atoms with Gasteiger partial charge in [-0.3, -0.25) is 4.79 Å². The Morgan fingerprint density at radius 3 is 2.52 bits per heavy atom. The molecule has 0 bridgehead atoms. The predicted molar refractivity (Wildman–Crippen MR) is 103 cm³/mol. The first-order chi connectivity index (χ1) is 12.0. The topological polar surface area (TPSA) is 57.7 Å². The lowest BCUT2D eigenvalue weighted by Gasteiger charge is -2.33. The van der Waals surface area contributed by atoms with Crippen LogP contribution in [0, 0.1) is 0 Å². The smallest absolute Gasteiger partial charge is 0.246 e. The number of halogens is 1. The number of rotatable bonds is 4. The summed E-state index contributed by atoms with van der Waals surface area (Å²) in [6.45, 7) is 1.38. The summed E-state index contributed by atoms with van der Waals surface area (Å²) >= 11 is 4.86. The number of hydrogen-bond acceptors (Lipinski definition) is 4. The van der Waals surface area contributed by atoms with E-state index in [4.69, 9.17) is 0 Å². The van der Waals surface area contributed by atoms with Crippen LogP contribution in [0.3, 0.4) is 0 Å². The highest BCUT2D eigenvalue weighted by atomic mass is 79.9. The average molecular weight is 441 g/mol. The normalized spacial score (nSPS) is 16.4. The van der Waals surface area contributed by atoms with Crippen molar-refractivity contribution in [3.8, 4) is 0 Å². The van der Waals surface area contributed by atoms with E-state index >= 15 is 0 Å². The van der Waals surface area contributed by atoms with E-state index in [1.54, 1.807) is 52.7 Å². The van der Waals surface area contributed by atoms with Crippen molar-refractivity contribution in [3.05, 3.63) is 57.2 Å². The van der Waals surface area contributed by atoms with Crippen LogP contribution in [-0.4, -0.2) is 49.7 Å². The Kier molecular flexibility index (Phi) is 5.73. The average Bonchev–Trinajstić information content (AvgIpc) is 3.13. The number of benzene rings is 1. The van der Waals surface area contributed by atoms with Gasteiger partial charge in [-0.05, 0) is 35.7 Å². The molecule has 0 radical (unpaired) electrons. The minimum absolute atomic E-state index is 0.0899. The van der Waals surface area contributed by atoms with Gasteiger partial charge in [0, 0.05) is 41.6 Å². The molecule has 2 heterocycles. The summed E-state index contributed by atoms with van der Waals surface area (Å²) in [6, 6.07) is 10.5. The minimum atomic E-state index is -3.53. The fourth-order valence-electron chi connectivity index (χ4n) is 2.57. The number of nitrogens with zero attached hydrogens (tertiary/aromatic N) is 2. The van der Waals surface area contributed by atoms with Crippen LogP contribution in [0.2, 0.25) is 0 Å². The molecule has 1 amide bonds. The largest absolute Gasteiger partial charge is 0.337 e. The fourth-order valence-corrected chi connectivity index (χ4v) is 5.21. The molecule has 1 aromatic carbocycles. The second kappa shape index (κ2) is 7.82. The zero-order valence-electron chi connectivity index (χ0n) is 13.3. The Labute approximate surface area is 159 Å². The van der Waals surface area contributed by atoms with E-state index in [9.17, 15) is 13.2 Å². The molecule has 3 rings (SSSR count). The van der Waals surface area contributed by atoms with Gasteiger partial charge in [-0.25, -0.2) is 8.42 Å². The van der Waals surface area contributed by atoms with Crippen molar-refractivity contribution in [1.82, 2.24) is 9.21 Å². The van der Waals surface area contributed by atoms with Crippen LogP contribution in [0.5, 0.6) is 0 Å². The lowest BCUT2D eigenvalue weighted by atomic mass is 10.3. The van der Waals surface area contributed by atoms with Gasteiger partial charge in [-0.2, -0.15) is 4.31 Å². The molecule has 2 aromatic rings. The molecule has 1 aliphatic heterocycles. The van der Waals surface area contributed by atoms with Crippen molar-refractivity contribution in [3.63, 3.8) is 0 Å². The number of carbonyl (C=O) groups excluding carboxylic acids is 1. The lowest BCUT2D eigenvalue weighted by molar-refractivity contribution is -0.127. The number of thiophene rings is 1. The third-order valence-corrected chi connectivity index (χ3v) is 7.14. The van der Waals surface area contributed by atoms with Crippen LogP contribution < -0.4 is 0 Å². The van der Waals surface area contributed by atoms with Crippen LogP contribution >= 0.6 is 27.3 Å². The Bertz CT molecular complexity index is 871. The molecule has 0 spiro atoms. The van der Waals surface area contributed by atoms with Crippen molar-refractivity contribution >= 4 is 49.3 Å². The Balaban J connectivity index is 1.62. The van der Waals surface area contributed by atoms with Gasteiger partial charge in [0.05, 0.1) is 4.90 Å². The molecular formula is C17H17BrN2O3S2. The van der Waals surface area contributed by atoms with Gasteiger partial charge in [-0.15, -0.1) is 11.3 Å². The molecule has 0 unspecified atom stereocenters. The SMILES string of the molecule is O=C(/C=C/c1cccs1)N1CCN(S(=O)(=O)c2cccc(Br)c2)CC1. The summed E-state index contributed by atoms with van der Waals surface area (Å²) in [6.07, 6.45) is 3.34. The van der Waals surface area contributed by atoms with Gasteiger partial charge in [0.25, 0.3) is 0 Å². The van der Waals surface area contributed by atoms with Gasteiger partial charge >= 0.3 is 0 Å². The van der Waals surface area contributed by atoms with Crippen LogP contribution in [0.15, 0.2) is 57.2 Å². The van der Waals surface area contributed by atoms with E-state index in [0.29, 0.717) is 26.2 Å². The molecule has 1 fully saturated rings. The number of sulfonamides is 1. The van der Waals surface area contributed by atoms with Crippen LogP contribution in [0.1, 0.15) is 4.88 Å². The third kappa shape index (κ3) is 4.38. The van der Waals surface area contributed by atoms with Crippen LogP contribution in [0.25, 0.3) is 6.08 Å². The van der Waals surface area contributed by atoms with E-state index in [0.717, 1.165) is 9.35 Å². The number of piperazine rings is 1. The molecule has 0 aliphatic carbocycles. The Hall–Kier alpha value is -1.48. The van der Waals surface area contributed by atoms with E-state index < -0.39 is 10.0 Å². The number of carbonyl (C=O) groups is 1. The lowest BCUT2D eigenvalue weighted by Crippen LogP contribution is -2.50. The highest BCUT2D eigenvalue weighted by Crippen LogP contribution is 2.21. The summed E-state index contributed by atoms with van der Waals surface area (Å²) in [5, 5.41) is 1.95. The summed E-state index contributed by atoms with van der Waals surface area (Å²) in [5.74, 6) is -0.0899. The van der Waals surface area contributed by atoms with Gasteiger partial charge in [0.1, 0.15) is 0 Å². The molecule has 25 heavy (non-hydrogen) atoms. The molecule has 0 saturated carbocycles. The minimum Gasteiger partial charge on any atom is -0.337 e. The maximum Gasteiger partial charge on any atom is 0.246 e. The zero-order valence-corrected chi connectivity index (χ0v) is 16.6. The first kappa shape index (κ1) is 18.3. The molecule has 0 N–H and O–H groups in total. The summed E-state index contributed by atoms with van der Waals surface area (Å²) < 4.78 is 27.5. The molecule has 8 heteroatoms. The highest BCUT2D eigenvalue weighted by molar-refractivity contribution is 9.10. The van der Waals surface area contributed by atoms with Gasteiger partial charge in [0.2, 0.25) is 15.9 Å². The van der Waals surface area contributed by atoms with Gasteiger partial charge in [-0.1, -0.05) is 28.1 Å². The Morgan fingerprint density at radius 2 is 1.88 bits per heavy atom. The maximum absolute atomic E-state index is 12.7. The molecule has 5 nitrogen and oxygen atoms in total. The molecule has 1 aromatic heterocycles. The van der Waals surface area contributed by atoms with Crippen molar-refractivity contribution < 1.29 is 13.2 Å². The monoisotopic (exact) mass is 440 g/mol. The zero-order chi connectivity index (χ0) is 17.9. The fraction of sp³-hybridized carbons (Fsp3) is 0.235. The first-order valence-corrected chi connectivity index (χ1v) is 10.8. The predicted octanol–water partition coefficient (Wildman–Crippen LogP) is 3.06. The van der Waals surface area contributed by atoms with E-state index in [1.165, 1.54) is 4.31 Å². The van der Waals surface area contributed by atoms with Crippen molar-refractivity contribution in [1.29, 1.82) is 0 Å². The first-order valence-electron chi connectivity index (χ1n) is 7.73. The molecule has 1 aliphatic rings. The summed E-state index contributed by atoms with van der Waals surface area (Å²) in [7, 11) is -3.53. The maximum atomic E-state index is 12.7. The second-order valence-electron chi connectivity index (χ2n) is 5.54. The highest BCUT2D eigenvalue weighted by Gasteiger charge is 2.29. The van der Waals surface area contributed by atoms with Crippen molar-refractivity contribution in [2.75, 3.05) is 26.2 Å². The molecule has 1 saturated heterocycles. The number of hydrogen-bond donors (Lipinski definition) is 0. The van der Waals surface area contributed by atoms with Crippen LogP contribution in [0.4, 0.5) is 0 Å². The summed E-state index contributed by atoms with van der Waals surface area (Å²) in [5.41, 5.74) is 0. The molecule has 0 atom stereocenters. The van der Waals surface area contributed by atoms with E-state index in [2.05, 4.69) is 15.9 Å². The number of amides is 1. The van der Waals surface area contributed by atoms with Gasteiger partial charge < -0.3 is 4.90 Å².